The van der Waals surface area contributed by atoms with Crippen molar-refractivity contribution in [2.24, 2.45) is 0 Å². The second kappa shape index (κ2) is 8.80. The highest BCUT2D eigenvalue weighted by molar-refractivity contribution is 8.00. The molecule has 0 saturated carbocycles. The summed E-state index contributed by atoms with van der Waals surface area (Å²) >= 11 is 1.32. The summed E-state index contributed by atoms with van der Waals surface area (Å²) in [5.74, 6) is -0.988. The molecule has 3 aromatic carbocycles. The molecule has 0 radical (unpaired) electrons. The van der Waals surface area contributed by atoms with Crippen molar-refractivity contribution in [3.8, 4) is 0 Å². The summed E-state index contributed by atoms with van der Waals surface area (Å²) < 4.78 is 0. The second-order valence-corrected chi connectivity index (χ2v) is 8.80. The van der Waals surface area contributed by atoms with Gasteiger partial charge in [-0.25, -0.2) is 0 Å². The van der Waals surface area contributed by atoms with Gasteiger partial charge in [-0.1, -0.05) is 42.5 Å². The Hall–Kier alpha value is -3.71. The first-order chi connectivity index (χ1) is 15.3. The number of carbonyl (C=O) groups is 4. The maximum atomic E-state index is 13.1. The van der Waals surface area contributed by atoms with Crippen LogP contribution in [0, 0.1) is 0 Å². The first kappa shape index (κ1) is 21.5. The molecule has 6 nitrogen and oxygen atoms in total. The van der Waals surface area contributed by atoms with Crippen molar-refractivity contribution in [2.45, 2.75) is 24.0 Å². The monoisotopic (exact) mass is 444 g/mol. The summed E-state index contributed by atoms with van der Waals surface area (Å²) in [6.45, 7) is 3.18. The van der Waals surface area contributed by atoms with Crippen molar-refractivity contribution in [1.29, 1.82) is 0 Å². The Morgan fingerprint density at radius 2 is 1.47 bits per heavy atom. The predicted molar refractivity (Wildman–Crippen MR) is 124 cm³/mol. The quantitative estimate of drug-likeness (QED) is 0.441. The van der Waals surface area contributed by atoms with Gasteiger partial charge in [-0.3, -0.25) is 19.2 Å². The SMILES string of the molecule is CC(=O)Nc1cccc(SC(C)C(=O)Nc2cccc3c2C(=O)c2ccccc2C3=O)c1. The molecular weight excluding hydrogens is 424 g/mol. The number of hydrogen-bond acceptors (Lipinski definition) is 5. The summed E-state index contributed by atoms with van der Waals surface area (Å²) in [7, 11) is 0. The molecule has 1 aliphatic carbocycles. The first-order valence-electron chi connectivity index (χ1n) is 10.0. The van der Waals surface area contributed by atoms with E-state index in [1.165, 1.54) is 18.7 Å². The molecule has 1 unspecified atom stereocenters. The van der Waals surface area contributed by atoms with Crippen LogP contribution in [-0.4, -0.2) is 28.6 Å². The number of ketones is 2. The zero-order chi connectivity index (χ0) is 22.8. The molecule has 0 bridgehead atoms. The van der Waals surface area contributed by atoms with Gasteiger partial charge in [0.1, 0.15) is 0 Å². The van der Waals surface area contributed by atoms with Gasteiger partial charge in [0.05, 0.1) is 16.5 Å². The van der Waals surface area contributed by atoms with E-state index < -0.39 is 5.25 Å². The minimum Gasteiger partial charge on any atom is -0.326 e. The van der Waals surface area contributed by atoms with Crippen LogP contribution in [0.25, 0.3) is 0 Å². The van der Waals surface area contributed by atoms with Gasteiger partial charge < -0.3 is 10.6 Å². The molecule has 0 spiro atoms. The van der Waals surface area contributed by atoms with Crippen LogP contribution in [0.1, 0.15) is 45.7 Å². The van der Waals surface area contributed by atoms with Crippen LogP contribution in [0.4, 0.5) is 11.4 Å². The Bertz CT molecular complexity index is 1270. The molecular formula is C25H20N2O4S. The van der Waals surface area contributed by atoms with Crippen LogP contribution in [0.15, 0.2) is 71.6 Å². The number of anilines is 2. The second-order valence-electron chi connectivity index (χ2n) is 7.39. The Morgan fingerprint density at radius 3 is 2.19 bits per heavy atom. The van der Waals surface area contributed by atoms with Crippen LogP contribution in [0.3, 0.4) is 0 Å². The number of thioether (sulfide) groups is 1. The fourth-order valence-corrected chi connectivity index (χ4v) is 4.52. The van der Waals surface area contributed by atoms with E-state index in [0.29, 0.717) is 22.5 Å². The fraction of sp³-hybridized carbons (Fsp3) is 0.120. The van der Waals surface area contributed by atoms with E-state index in [2.05, 4.69) is 10.6 Å². The third-order valence-electron chi connectivity index (χ3n) is 5.05. The third-order valence-corrected chi connectivity index (χ3v) is 6.14. The predicted octanol–water partition coefficient (Wildman–Crippen LogP) is 4.54. The van der Waals surface area contributed by atoms with E-state index in [-0.39, 0.29) is 34.5 Å². The van der Waals surface area contributed by atoms with Crippen molar-refractivity contribution in [1.82, 2.24) is 0 Å². The van der Waals surface area contributed by atoms with E-state index in [0.717, 1.165) is 4.90 Å². The molecule has 0 aliphatic heterocycles. The van der Waals surface area contributed by atoms with Gasteiger partial charge in [-0.2, -0.15) is 0 Å². The maximum absolute atomic E-state index is 13.1. The summed E-state index contributed by atoms with van der Waals surface area (Å²) in [5.41, 5.74) is 2.18. The van der Waals surface area contributed by atoms with Gasteiger partial charge >= 0.3 is 0 Å². The summed E-state index contributed by atoms with van der Waals surface area (Å²) in [4.78, 5) is 51.0. The largest absolute Gasteiger partial charge is 0.326 e. The minimum absolute atomic E-state index is 0.174. The molecule has 2 amide bonds. The van der Waals surface area contributed by atoms with Crippen molar-refractivity contribution >= 4 is 46.5 Å². The molecule has 160 valence electrons. The van der Waals surface area contributed by atoms with Crippen LogP contribution < -0.4 is 10.6 Å². The van der Waals surface area contributed by atoms with Gasteiger partial charge in [0, 0.05) is 34.2 Å². The summed E-state index contributed by atoms with van der Waals surface area (Å²) in [6, 6.07) is 18.8. The summed E-state index contributed by atoms with van der Waals surface area (Å²) in [6.07, 6.45) is 0. The number of carbonyl (C=O) groups excluding carboxylic acids is 4. The van der Waals surface area contributed by atoms with E-state index in [1.54, 1.807) is 67.6 Å². The topological polar surface area (TPSA) is 92.3 Å². The molecule has 0 heterocycles. The van der Waals surface area contributed by atoms with Gasteiger partial charge in [0.25, 0.3) is 0 Å². The molecule has 3 aromatic rings. The Labute approximate surface area is 189 Å². The lowest BCUT2D eigenvalue weighted by molar-refractivity contribution is -0.115. The van der Waals surface area contributed by atoms with E-state index in [4.69, 9.17) is 0 Å². The van der Waals surface area contributed by atoms with E-state index in [9.17, 15) is 19.2 Å². The number of fused-ring (bicyclic) bond motifs is 2. The first-order valence-corrected chi connectivity index (χ1v) is 10.9. The molecule has 1 atom stereocenters. The van der Waals surface area contributed by atoms with Crippen molar-refractivity contribution < 1.29 is 19.2 Å². The van der Waals surface area contributed by atoms with Crippen molar-refractivity contribution in [3.05, 3.63) is 89.0 Å². The minimum atomic E-state index is -0.486. The normalized spacial score (nSPS) is 13.1. The highest BCUT2D eigenvalue weighted by atomic mass is 32.2. The third kappa shape index (κ3) is 4.20. The van der Waals surface area contributed by atoms with Gasteiger partial charge in [-0.15, -0.1) is 11.8 Å². The average molecular weight is 445 g/mol. The Balaban J connectivity index is 1.55. The molecule has 2 N–H and O–H groups in total. The zero-order valence-corrected chi connectivity index (χ0v) is 18.3. The van der Waals surface area contributed by atoms with Gasteiger partial charge in [0.2, 0.25) is 11.8 Å². The van der Waals surface area contributed by atoms with Gasteiger partial charge in [-0.05, 0) is 31.2 Å². The Kier molecular flexibility index (Phi) is 5.92. The zero-order valence-electron chi connectivity index (χ0n) is 17.5. The number of benzene rings is 3. The number of hydrogen-bond donors (Lipinski definition) is 2. The van der Waals surface area contributed by atoms with E-state index >= 15 is 0 Å². The number of nitrogens with one attached hydrogen (secondary N) is 2. The molecule has 0 aromatic heterocycles. The number of rotatable bonds is 5. The maximum Gasteiger partial charge on any atom is 0.237 e. The fourth-order valence-electron chi connectivity index (χ4n) is 3.59. The molecule has 0 saturated heterocycles. The molecule has 4 rings (SSSR count). The standard InChI is InChI=1S/C25H20N2O4S/c1-14(32-17-8-5-7-16(13-17)26-15(2)28)25(31)27-21-12-6-11-20-22(21)24(30)19-10-4-3-9-18(19)23(20)29/h3-14H,1-2H3,(H,26,28)(H,27,31). The summed E-state index contributed by atoms with van der Waals surface area (Å²) in [5, 5.41) is 5.05. The molecule has 32 heavy (non-hydrogen) atoms. The molecule has 1 aliphatic rings. The molecule has 7 heteroatoms. The van der Waals surface area contributed by atoms with Crippen molar-refractivity contribution in [3.63, 3.8) is 0 Å². The highest BCUT2D eigenvalue weighted by Gasteiger charge is 2.32. The van der Waals surface area contributed by atoms with Crippen LogP contribution in [0.2, 0.25) is 0 Å². The van der Waals surface area contributed by atoms with Gasteiger partial charge in [0.15, 0.2) is 11.6 Å². The Morgan fingerprint density at radius 1 is 0.812 bits per heavy atom. The lowest BCUT2D eigenvalue weighted by atomic mass is 9.83. The van der Waals surface area contributed by atoms with Crippen molar-refractivity contribution in [2.75, 3.05) is 10.6 Å². The smallest absolute Gasteiger partial charge is 0.237 e. The molecule has 0 fully saturated rings. The number of amides is 2. The lowest BCUT2D eigenvalue weighted by Crippen LogP contribution is -2.27. The lowest BCUT2D eigenvalue weighted by Gasteiger charge is -2.21. The average Bonchev–Trinajstić information content (AvgIpc) is 2.77. The van der Waals surface area contributed by atoms with Crippen LogP contribution >= 0.6 is 11.8 Å². The highest BCUT2D eigenvalue weighted by Crippen LogP contribution is 2.33. The van der Waals surface area contributed by atoms with Crippen LogP contribution in [0.5, 0.6) is 0 Å². The van der Waals surface area contributed by atoms with E-state index in [1.807, 2.05) is 6.07 Å². The van der Waals surface area contributed by atoms with Crippen LogP contribution in [-0.2, 0) is 9.59 Å².